The van der Waals surface area contributed by atoms with Gasteiger partial charge in [0.1, 0.15) is 23.6 Å². The fraction of sp³-hybridized carbons (Fsp3) is 0.444. The number of pyridine rings is 2. The first kappa shape index (κ1) is 15.9. The Balaban J connectivity index is 1.43. The van der Waals surface area contributed by atoms with Crippen LogP contribution >= 0.6 is 0 Å². The number of halogens is 1. The van der Waals surface area contributed by atoms with E-state index < -0.39 is 6.17 Å². The first-order valence-corrected chi connectivity index (χ1v) is 8.64. The van der Waals surface area contributed by atoms with E-state index >= 15 is 0 Å². The fourth-order valence-corrected chi connectivity index (χ4v) is 2.75. The van der Waals surface area contributed by atoms with Gasteiger partial charge in [0, 0.05) is 31.1 Å². The zero-order valence-electron chi connectivity index (χ0n) is 14.2. The molecule has 0 spiro atoms. The van der Waals surface area contributed by atoms with Crippen molar-refractivity contribution in [1.82, 2.24) is 9.97 Å². The van der Waals surface area contributed by atoms with Gasteiger partial charge in [-0.05, 0) is 25.0 Å². The van der Waals surface area contributed by atoms with E-state index in [4.69, 9.17) is 4.74 Å². The number of alkyl halides is 1. The molecule has 0 radical (unpaired) electrons. The molecule has 2 aromatic heterocycles. The van der Waals surface area contributed by atoms with Gasteiger partial charge < -0.3 is 20.3 Å². The van der Waals surface area contributed by atoms with Gasteiger partial charge in [-0.15, -0.1) is 0 Å². The highest BCUT2D eigenvalue weighted by atomic mass is 19.1. The highest BCUT2D eigenvalue weighted by molar-refractivity contribution is 5.57. The molecule has 4 rings (SSSR count). The van der Waals surface area contributed by atoms with E-state index in [0.717, 1.165) is 41.6 Å². The van der Waals surface area contributed by atoms with Gasteiger partial charge in [0.05, 0.1) is 31.4 Å². The summed E-state index contributed by atoms with van der Waals surface area (Å²) >= 11 is 0. The second kappa shape index (κ2) is 6.74. The minimum atomic E-state index is -0.730. The lowest BCUT2D eigenvalue weighted by Gasteiger charge is -2.36. The molecule has 0 bridgehead atoms. The Hall–Kier alpha value is -2.57. The molecule has 1 aliphatic heterocycles. The maximum Gasteiger partial charge on any atom is 0.135 e. The molecule has 25 heavy (non-hydrogen) atoms. The van der Waals surface area contributed by atoms with Crippen molar-refractivity contribution < 1.29 is 9.13 Å². The van der Waals surface area contributed by atoms with Crippen molar-refractivity contribution in [3.05, 3.63) is 36.2 Å². The van der Waals surface area contributed by atoms with E-state index in [1.807, 2.05) is 36.2 Å². The molecule has 2 N–H and O–H groups in total. The van der Waals surface area contributed by atoms with E-state index in [2.05, 4.69) is 20.6 Å². The van der Waals surface area contributed by atoms with Crippen LogP contribution in [0.1, 0.15) is 18.5 Å². The zero-order valence-corrected chi connectivity index (χ0v) is 14.2. The summed E-state index contributed by atoms with van der Waals surface area (Å²) in [5.41, 5.74) is 1.86. The van der Waals surface area contributed by atoms with Crippen LogP contribution in [0.5, 0.6) is 5.75 Å². The molecule has 1 aliphatic carbocycles. The third-order valence-electron chi connectivity index (χ3n) is 4.33. The Morgan fingerprint density at radius 2 is 2.08 bits per heavy atom. The molecule has 1 saturated carbocycles. The summed E-state index contributed by atoms with van der Waals surface area (Å²) in [6.45, 7) is 1.43. The minimum absolute atomic E-state index is 0.364. The monoisotopic (exact) mass is 343 g/mol. The van der Waals surface area contributed by atoms with Crippen LogP contribution in [0.3, 0.4) is 0 Å². The molecule has 6 nitrogen and oxygen atoms in total. The van der Waals surface area contributed by atoms with Gasteiger partial charge in [-0.25, -0.2) is 14.4 Å². The number of nitrogens with one attached hydrogen (secondary N) is 2. The number of ether oxygens (including phenoxy) is 1. The molecule has 0 aromatic carbocycles. The lowest BCUT2D eigenvalue weighted by molar-refractivity contribution is 0.275. The van der Waals surface area contributed by atoms with Crippen molar-refractivity contribution in [2.24, 2.45) is 0 Å². The van der Waals surface area contributed by atoms with Crippen molar-refractivity contribution in [2.75, 3.05) is 35.7 Å². The van der Waals surface area contributed by atoms with Gasteiger partial charge in [0.15, 0.2) is 0 Å². The summed E-state index contributed by atoms with van der Waals surface area (Å²) in [7, 11) is 1.83. The van der Waals surface area contributed by atoms with Crippen molar-refractivity contribution >= 4 is 17.3 Å². The third-order valence-corrected chi connectivity index (χ3v) is 4.33. The van der Waals surface area contributed by atoms with Crippen LogP contribution in [0.15, 0.2) is 30.5 Å². The summed E-state index contributed by atoms with van der Waals surface area (Å²) in [5, 5.41) is 6.35. The molecule has 1 saturated heterocycles. The summed E-state index contributed by atoms with van der Waals surface area (Å²) in [6, 6.07) is 7.71. The molecule has 2 aromatic rings. The maximum absolute atomic E-state index is 13.1. The van der Waals surface area contributed by atoms with Crippen LogP contribution in [0, 0.1) is 0 Å². The molecule has 7 heteroatoms. The number of nitrogens with zero attached hydrogens (tertiary/aromatic N) is 3. The van der Waals surface area contributed by atoms with Gasteiger partial charge >= 0.3 is 0 Å². The summed E-state index contributed by atoms with van der Waals surface area (Å²) in [6.07, 6.45) is 3.63. The average Bonchev–Trinajstić information content (AvgIpc) is 3.41. The van der Waals surface area contributed by atoms with Crippen LogP contribution in [-0.2, 0) is 6.54 Å². The lowest BCUT2D eigenvalue weighted by Crippen LogP contribution is -2.48. The summed E-state index contributed by atoms with van der Waals surface area (Å²) in [5.74, 6) is 2.37. The van der Waals surface area contributed by atoms with Gasteiger partial charge in [-0.1, -0.05) is 0 Å². The van der Waals surface area contributed by atoms with E-state index in [1.165, 1.54) is 0 Å². The van der Waals surface area contributed by atoms with Crippen molar-refractivity contribution in [2.45, 2.75) is 31.7 Å². The summed E-state index contributed by atoms with van der Waals surface area (Å²) in [4.78, 5) is 10.9. The largest absolute Gasteiger partial charge is 0.490 e. The second-order valence-electron chi connectivity index (χ2n) is 6.50. The van der Waals surface area contributed by atoms with Crippen LogP contribution in [0.4, 0.5) is 21.7 Å². The molecule has 0 atom stereocenters. The van der Waals surface area contributed by atoms with Crippen molar-refractivity contribution in [3.8, 4) is 5.75 Å². The van der Waals surface area contributed by atoms with E-state index in [-0.39, 0.29) is 0 Å². The maximum atomic E-state index is 13.1. The SMILES string of the molecule is CNc1cc(N2CC(F)C2)cc(CNc2cc(OC3CC3)ccn2)n1. The average molecular weight is 343 g/mol. The van der Waals surface area contributed by atoms with E-state index in [1.54, 1.807) is 6.20 Å². The van der Waals surface area contributed by atoms with E-state index in [9.17, 15) is 4.39 Å². The predicted octanol–water partition coefficient (Wildman–Crippen LogP) is 2.83. The number of aromatic nitrogens is 2. The molecular formula is C18H22FN5O. The Kier molecular flexibility index (Phi) is 4.29. The normalized spacial score (nSPS) is 17.1. The quantitative estimate of drug-likeness (QED) is 0.806. The second-order valence-corrected chi connectivity index (χ2v) is 6.50. The molecular weight excluding hydrogens is 321 g/mol. The van der Waals surface area contributed by atoms with Crippen LogP contribution in [0.2, 0.25) is 0 Å². The lowest BCUT2D eigenvalue weighted by atomic mass is 10.1. The van der Waals surface area contributed by atoms with Gasteiger partial charge in [-0.2, -0.15) is 0 Å². The Morgan fingerprint density at radius 1 is 1.24 bits per heavy atom. The standard InChI is InChI=1S/C18H22FN5O/c1-20-17-7-14(24-10-12(19)11-24)6-13(23-17)9-22-18-8-16(4-5-21-18)25-15-2-3-15/h4-8,12,15H,2-3,9-11H2,1H3,(H,20,23)(H,21,22). The first-order chi connectivity index (χ1) is 12.2. The van der Waals surface area contributed by atoms with Crippen LogP contribution in [0.25, 0.3) is 0 Å². The van der Waals surface area contributed by atoms with E-state index in [0.29, 0.717) is 25.7 Å². The highest BCUT2D eigenvalue weighted by Crippen LogP contribution is 2.28. The highest BCUT2D eigenvalue weighted by Gasteiger charge is 2.27. The zero-order chi connectivity index (χ0) is 17.2. The predicted molar refractivity (Wildman–Crippen MR) is 96.1 cm³/mol. The Labute approximate surface area is 146 Å². The van der Waals surface area contributed by atoms with Gasteiger partial charge in [0.2, 0.25) is 0 Å². The third kappa shape index (κ3) is 3.92. The molecule has 0 amide bonds. The minimum Gasteiger partial charge on any atom is -0.490 e. The topological polar surface area (TPSA) is 62.3 Å². The Morgan fingerprint density at radius 3 is 2.80 bits per heavy atom. The Bertz CT molecular complexity index is 746. The van der Waals surface area contributed by atoms with Crippen molar-refractivity contribution in [3.63, 3.8) is 0 Å². The smallest absolute Gasteiger partial charge is 0.135 e. The molecule has 132 valence electrons. The number of hydrogen-bond donors (Lipinski definition) is 2. The van der Waals surface area contributed by atoms with Gasteiger partial charge in [0.25, 0.3) is 0 Å². The number of rotatable bonds is 7. The van der Waals surface area contributed by atoms with Crippen molar-refractivity contribution in [1.29, 1.82) is 0 Å². The molecule has 3 heterocycles. The first-order valence-electron chi connectivity index (χ1n) is 8.64. The molecule has 2 aliphatic rings. The molecule has 0 unspecified atom stereocenters. The summed E-state index contributed by atoms with van der Waals surface area (Å²) < 4.78 is 18.9. The number of anilines is 3. The van der Waals surface area contributed by atoms with Crippen LogP contribution < -0.4 is 20.3 Å². The number of hydrogen-bond acceptors (Lipinski definition) is 6. The molecule has 2 fully saturated rings. The fourth-order valence-electron chi connectivity index (χ4n) is 2.75. The van der Waals surface area contributed by atoms with Gasteiger partial charge in [-0.3, -0.25) is 0 Å². The van der Waals surface area contributed by atoms with Crippen LogP contribution in [-0.4, -0.2) is 42.4 Å².